The highest BCUT2D eigenvalue weighted by atomic mass is 16.2. The van der Waals surface area contributed by atoms with Crippen LogP contribution in [0.15, 0.2) is 48.5 Å². The second kappa shape index (κ2) is 6.71. The largest absolute Gasteiger partial charge is 0.325 e. The summed E-state index contributed by atoms with van der Waals surface area (Å²) in [5.41, 5.74) is 2.65. The van der Waals surface area contributed by atoms with Gasteiger partial charge in [-0.15, -0.1) is 0 Å². The molecule has 3 rings (SSSR count). The number of carbonyl (C=O) groups excluding carboxylic acids is 2. The van der Waals surface area contributed by atoms with E-state index >= 15 is 0 Å². The highest BCUT2D eigenvalue weighted by Gasteiger charge is 2.56. The average molecular weight is 336 g/mol. The lowest BCUT2D eigenvalue weighted by Crippen LogP contribution is -2.36. The summed E-state index contributed by atoms with van der Waals surface area (Å²) in [6.07, 6.45) is 1.17. The summed E-state index contributed by atoms with van der Waals surface area (Å²) in [4.78, 5) is 25.5. The minimum Gasteiger partial charge on any atom is -0.325 e. The molecule has 4 heteroatoms. The molecule has 1 aliphatic rings. The van der Waals surface area contributed by atoms with Crippen molar-refractivity contribution in [1.29, 1.82) is 0 Å². The van der Waals surface area contributed by atoms with Gasteiger partial charge in [-0.05, 0) is 48.9 Å². The molecule has 0 saturated heterocycles. The summed E-state index contributed by atoms with van der Waals surface area (Å²) in [7, 11) is 0. The lowest BCUT2D eigenvalue weighted by Gasteiger charge is -2.19. The Balaban J connectivity index is 1.76. The molecular weight excluding hydrogens is 312 g/mol. The van der Waals surface area contributed by atoms with Crippen LogP contribution in [0.4, 0.5) is 11.4 Å². The van der Waals surface area contributed by atoms with Crippen molar-refractivity contribution in [3.05, 3.63) is 59.7 Å². The van der Waals surface area contributed by atoms with E-state index < -0.39 is 5.41 Å². The zero-order valence-corrected chi connectivity index (χ0v) is 14.9. The van der Waals surface area contributed by atoms with Gasteiger partial charge in [-0.2, -0.15) is 0 Å². The van der Waals surface area contributed by atoms with E-state index in [0.29, 0.717) is 18.8 Å². The van der Waals surface area contributed by atoms with Crippen molar-refractivity contribution in [3.8, 4) is 0 Å². The third-order valence-electron chi connectivity index (χ3n) is 4.84. The average Bonchev–Trinajstić information content (AvgIpc) is 3.39. The van der Waals surface area contributed by atoms with Crippen LogP contribution in [-0.2, 0) is 9.59 Å². The summed E-state index contributed by atoms with van der Waals surface area (Å²) in [6, 6.07) is 15.4. The van der Waals surface area contributed by atoms with E-state index in [9.17, 15) is 9.59 Å². The van der Waals surface area contributed by atoms with Gasteiger partial charge in [0.25, 0.3) is 0 Å². The Morgan fingerprint density at radius 2 is 1.40 bits per heavy atom. The molecule has 0 atom stereocenters. The Bertz CT molecular complexity index is 807. The second-order valence-corrected chi connectivity index (χ2v) is 7.05. The van der Waals surface area contributed by atoms with E-state index in [1.807, 2.05) is 55.5 Å². The molecule has 4 nitrogen and oxygen atoms in total. The zero-order chi connectivity index (χ0) is 18.0. The van der Waals surface area contributed by atoms with Gasteiger partial charge in [-0.1, -0.05) is 50.2 Å². The fourth-order valence-corrected chi connectivity index (χ4v) is 2.99. The van der Waals surface area contributed by atoms with Crippen LogP contribution in [0, 0.1) is 12.3 Å². The first-order valence-corrected chi connectivity index (χ1v) is 8.71. The number of aryl methyl sites for hydroxylation is 1. The van der Waals surface area contributed by atoms with Crippen LogP contribution in [0.3, 0.4) is 0 Å². The fourth-order valence-electron chi connectivity index (χ4n) is 2.99. The van der Waals surface area contributed by atoms with Crippen LogP contribution in [0.25, 0.3) is 0 Å². The number of anilines is 2. The normalized spacial score (nSPS) is 14.9. The van der Waals surface area contributed by atoms with Crippen LogP contribution in [0.1, 0.15) is 43.7 Å². The van der Waals surface area contributed by atoms with Crippen LogP contribution in [0.2, 0.25) is 0 Å². The van der Waals surface area contributed by atoms with Gasteiger partial charge in [0.15, 0.2) is 0 Å². The van der Waals surface area contributed by atoms with Crippen molar-refractivity contribution < 1.29 is 9.59 Å². The van der Waals surface area contributed by atoms with Crippen LogP contribution in [0.5, 0.6) is 0 Å². The van der Waals surface area contributed by atoms with Gasteiger partial charge in [-0.3, -0.25) is 9.59 Å². The quantitative estimate of drug-likeness (QED) is 0.791. The van der Waals surface area contributed by atoms with Crippen molar-refractivity contribution in [1.82, 2.24) is 0 Å². The van der Waals surface area contributed by atoms with Gasteiger partial charge >= 0.3 is 0 Å². The van der Waals surface area contributed by atoms with Crippen molar-refractivity contribution >= 4 is 23.2 Å². The van der Waals surface area contributed by atoms with Crippen molar-refractivity contribution in [2.24, 2.45) is 5.41 Å². The number of para-hydroxylation sites is 2. The number of nitrogens with one attached hydrogen (secondary N) is 2. The SMILES string of the molecule is Cc1ccccc1NC(=O)C1(C(=O)Nc2ccccc2C(C)C)CC1. The second-order valence-electron chi connectivity index (χ2n) is 7.05. The minimum atomic E-state index is -0.952. The monoisotopic (exact) mass is 336 g/mol. The smallest absolute Gasteiger partial charge is 0.240 e. The van der Waals surface area contributed by atoms with Gasteiger partial charge in [0.1, 0.15) is 5.41 Å². The molecule has 0 heterocycles. The molecule has 0 radical (unpaired) electrons. The molecule has 0 spiro atoms. The lowest BCUT2D eigenvalue weighted by molar-refractivity contribution is -0.131. The van der Waals surface area contributed by atoms with Crippen LogP contribution < -0.4 is 10.6 Å². The molecule has 2 aromatic rings. The molecule has 0 aromatic heterocycles. The van der Waals surface area contributed by atoms with E-state index in [2.05, 4.69) is 24.5 Å². The number of hydrogen-bond acceptors (Lipinski definition) is 2. The van der Waals surface area contributed by atoms with Gasteiger partial charge in [0, 0.05) is 11.4 Å². The summed E-state index contributed by atoms with van der Waals surface area (Å²) in [6.45, 7) is 6.11. The lowest BCUT2D eigenvalue weighted by atomic mass is 9.99. The van der Waals surface area contributed by atoms with E-state index in [4.69, 9.17) is 0 Å². The van der Waals surface area contributed by atoms with Crippen molar-refractivity contribution in [2.45, 2.75) is 39.5 Å². The molecular formula is C21H24N2O2. The Labute approximate surface area is 148 Å². The van der Waals surface area contributed by atoms with E-state index in [1.54, 1.807) is 0 Å². The Morgan fingerprint density at radius 1 is 0.880 bits per heavy atom. The van der Waals surface area contributed by atoms with Crippen molar-refractivity contribution in [3.63, 3.8) is 0 Å². The number of carbonyl (C=O) groups is 2. The highest BCUT2D eigenvalue weighted by Crippen LogP contribution is 2.48. The first kappa shape index (κ1) is 17.2. The van der Waals surface area contributed by atoms with Crippen LogP contribution in [-0.4, -0.2) is 11.8 Å². The Kier molecular flexibility index (Phi) is 4.62. The summed E-state index contributed by atoms with van der Waals surface area (Å²) in [5.74, 6) is -0.138. The molecule has 2 aromatic carbocycles. The maximum absolute atomic E-state index is 12.8. The first-order chi connectivity index (χ1) is 11.9. The molecule has 0 unspecified atom stereocenters. The summed E-state index contributed by atoms with van der Waals surface area (Å²) >= 11 is 0. The molecule has 25 heavy (non-hydrogen) atoms. The molecule has 130 valence electrons. The standard InChI is InChI=1S/C21H24N2O2/c1-14(2)16-9-5-7-11-18(16)23-20(25)21(12-13-21)19(24)22-17-10-6-4-8-15(17)3/h4-11,14H,12-13H2,1-3H3,(H,22,24)(H,23,25). The summed E-state index contributed by atoms with van der Waals surface area (Å²) in [5, 5.41) is 5.89. The van der Waals surface area contributed by atoms with E-state index in [1.165, 1.54) is 0 Å². The topological polar surface area (TPSA) is 58.2 Å². The fraction of sp³-hybridized carbons (Fsp3) is 0.333. The Hall–Kier alpha value is -2.62. The van der Waals surface area contributed by atoms with Crippen molar-refractivity contribution in [2.75, 3.05) is 10.6 Å². The molecule has 0 bridgehead atoms. The number of amides is 2. The molecule has 1 saturated carbocycles. The number of hydrogen-bond donors (Lipinski definition) is 2. The zero-order valence-electron chi connectivity index (χ0n) is 14.9. The summed E-state index contributed by atoms with van der Waals surface area (Å²) < 4.78 is 0. The molecule has 2 N–H and O–H groups in total. The van der Waals surface area contributed by atoms with E-state index in [0.717, 1.165) is 22.5 Å². The Morgan fingerprint density at radius 3 is 1.96 bits per heavy atom. The number of rotatable bonds is 5. The molecule has 1 fully saturated rings. The first-order valence-electron chi connectivity index (χ1n) is 8.71. The predicted octanol–water partition coefficient (Wildman–Crippen LogP) is 4.48. The van der Waals surface area contributed by atoms with Gasteiger partial charge in [-0.25, -0.2) is 0 Å². The van der Waals surface area contributed by atoms with Gasteiger partial charge in [0.05, 0.1) is 0 Å². The van der Waals surface area contributed by atoms with Gasteiger partial charge in [0.2, 0.25) is 11.8 Å². The van der Waals surface area contributed by atoms with Crippen LogP contribution >= 0.6 is 0 Å². The third-order valence-corrected chi connectivity index (χ3v) is 4.84. The number of benzene rings is 2. The maximum Gasteiger partial charge on any atom is 0.240 e. The molecule has 1 aliphatic carbocycles. The minimum absolute atomic E-state index is 0.216. The maximum atomic E-state index is 12.8. The third kappa shape index (κ3) is 3.43. The molecule has 0 aliphatic heterocycles. The highest BCUT2D eigenvalue weighted by molar-refractivity contribution is 6.17. The van der Waals surface area contributed by atoms with Gasteiger partial charge < -0.3 is 10.6 Å². The van der Waals surface area contributed by atoms with E-state index in [-0.39, 0.29) is 11.8 Å². The predicted molar refractivity (Wildman–Crippen MR) is 101 cm³/mol. The molecule has 2 amide bonds.